The highest BCUT2D eigenvalue weighted by Gasteiger charge is 2.13. The monoisotopic (exact) mass is 269 g/mol. The zero-order chi connectivity index (χ0) is 13.1. The van der Waals surface area contributed by atoms with Crippen LogP contribution >= 0.6 is 11.3 Å². The van der Waals surface area contributed by atoms with E-state index in [-0.39, 0.29) is 17.1 Å². The van der Waals surface area contributed by atoms with E-state index in [1.165, 1.54) is 6.07 Å². The average molecular weight is 269 g/mol. The van der Waals surface area contributed by atoms with Gasteiger partial charge < -0.3 is 10.4 Å². The van der Waals surface area contributed by atoms with Crippen LogP contribution in [-0.4, -0.2) is 11.1 Å². The molecule has 1 aromatic carbocycles. The van der Waals surface area contributed by atoms with Crippen LogP contribution < -0.4 is 5.32 Å². The van der Waals surface area contributed by atoms with Crippen LogP contribution in [0.4, 0.5) is 14.5 Å². The molecule has 0 radical (unpaired) electrons. The zero-order valence-corrected chi connectivity index (χ0v) is 9.93. The summed E-state index contributed by atoms with van der Waals surface area (Å²) in [5.41, 5.74) is 0.246. The van der Waals surface area contributed by atoms with Gasteiger partial charge >= 0.3 is 5.97 Å². The molecule has 2 N–H and O–H groups in total. The summed E-state index contributed by atoms with van der Waals surface area (Å²) in [5.74, 6) is -2.46. The standard InChI is InChI=1S/C12H9F2NO2S/c13-8-2-1-3-9(14)10(8)15-6-7-4-5-18-11(7)12(16)17/h1-5,15H,6H2,(H,16,17). The first-order chi connectivity index (χ1) is 8.59. The van der Waals surface area contributed by atoms with Crippen molar-refractivity contribution in [3.63, 3.8) is 0 Å². The van der Waals surface area contributed by atoms with Crippen LogP contribution in [0.2, 0.25) is 0 Å². The van der Waals surface area contributed by atoms with Crippen molar-refractivity contribution in [3.8, 4) is 0 Å². The maximum atomic E-state index is 13.3. The Morgan fingerprint density at radius 2 is 1.94 bits per heavy atom. The molecule has 0 saturated carbocycles. The number of thiophene rings is 1. The number of aromatic carboxylic acids is 1. The summed E-state index contributed by atoms with van der Waals surface area (Å²) in [6.45, 7) is 0.0585. The Hall–Kier alpha value is -1.95. The van der Waals surface area contributed by atoms with Crippen molar-refractivity contribution in [2.45, 2.75) is 6.54 Å². The van der Waals surface area contributed by atoms with Crippen molar-refractivity contribution < 1.29 is 18.7 Å². The molecule has 2 rings (SSSR count). The number of carboxylic acid groups (broad SMARTS) is 1. The molecular weight excluding hydrogens is 260 g/mol. The van der Waals surface area contributed by atoms with Crippen molar-refractivity contribution in [1.29, 1.82) is 0 Å². The third kappa shape index (κ3) is 2.48. The third-order valence-electron chi connectivity index (χ3n) is 2.36. The molecule has 0 aliphatic carbocycles. The normalized spacial score (nSPS) is 10.3. The van der Waals surface area contributed by atoms with E-state index in [9.17, 15) is 13.6 Å². The summed E-state index contributed by atoms with van der Waals surface area (Å²) in [6.07, 6.45) is 0. The van der Waals surface area contributed by atoms with Crippen molar-refractivity contribution in [2.75, 3.05) is 5.32 Å². The molecule has 18 heavy (non-hydrogen) atoms. The van der Waals surface area contributed by atoms with Gasteiger partial charge in [-0.15, -0.1) is 11.3 Å². The number of benzene rings is 1. The van der Waals surface area contributed by atoms with E-state index >= 15 is 0 Å². The van der Waals surface area contributed by atoms with Crippen LogP contribution in [0.25, 0.3) is 0 Å². The molecule has 2 aromatic rings. The molecule has 0 spiro atoms. The summed E-state index contributed by atoms with van der Waals surface area (Å²) >= 11 is 1.07. The highest BCUT2D eigenvalue weighted by molar-refractivity contribution is 7.12. The van der Waals surface area contributed by atoms with E-state index in [1.54, 1.807) is 11.4 Å². The summed E-state index contributed by atoms with van der Waals surface area (Å²) in [5, 5.41) is 13.1. The van der Waals surface area contributed by atoms with Crippen LogP contribution in [-0.2, 0) is 6.54 Å². The number of carbonyl (C=O) groups is 1. The highest BCUT2D eigenvalue weighted by Crippen LogP contribution is 2.21. The molecule has 1 heterocycles. The Morgan fingerprint density at radius 1 is 1.28 bits per heavy atom. The van der Waals surface area contributed by atoms with E-state index in [1.807, 2.05) is 0 Å². The van der Waals surface area contributed by atoms with E-state index in [0.29, 0.717) is 5.56 Å². The second kappa shape index (κ2) is 5.14. The molecule has 6 heteroatoms. The first-order valence-electron chi connectivity index (χ1n) is 5.07. The van der Waals surface area contributed by atoms with Gasteiger partial charge in [0.15, 0.2) is 0 Å². The number of hydrogen-bond donors (Lipinski definition) is 2. The molecule has 0 atom stereocenters. The Labute approximate surface area is 106 Å². The SMILES string of the molecule is O=C(O)c1sccc1CNc1c(F)cccc1F. The molecule has 0 aliphatic heterocycles. The van der Waals surface area contributed by atoms with Gasteiger partial charge in [0.25, 0.3) is 0 Å². The summed E-state index contributed by atoms with van der Waals surface area (Å²) in [6, 6.07) is 5.15. The van der Waals surface area contributed by atoms with Gasteiger partial charge in [0, 0.05) is 6.54 Å². The molecule has 0 saturated heterocycles. The fraction of sp³-hybridized carbons (Fsp3) is 0.0833. The lowest BCUT2D eigenvalue weighted by Gasteiger charge is -2.08. The van der Waals surface area contributed by atoms with E-state index in [2.05, 4.69) is 5.32 Å². The van der Waals surface area contributed by atoms with Gasteiger partial charge in [-0.25, -0.2) is 13.6 Å². The van der Waals surface area contributed by atoms with Crippen LogP contribution in [0.1, 0.15) is 15.2 Å². The van der Waals surface area contributed by atoms with E-state index < -0.39 is 17.6 Å². The average Bonchev–Trinajstić information content (AvgIpc) is 2.76. The first kappa shape index (κ1) is 12.5. The zero-order valence-electron chi connectivity index (χ0n) is 9.11. The van der Waals surface area contributed by atoms with Crippen LogP contribution in [0, 0.1) is 11.6 Å². The largest absolute Gasteiger partial charge is 0.477 e. The number of para-hydroxylation sites is 1. The lowest BCUT2D eigenvalue weighted by Crippen LogP contribution is -2.06. The minimum Gasteiger partial charge on any atom is -0.477 e. The molecule has 0 amide bonds. The predicted octanol–water partition coefficient (Wildman–Crippen LogP) is 3.34. The van der Waals surface area contributed by atoms with Gasteiger partial charge in [0.05, 0.1) is 0 Å². The molecule has 0 aliphatic rings. The fourth-order valence-corrected chi connectivity index (χ4v) is 2.27. The maximum absolute atomic E-state index is 13.3. The van der Waals surface area contributed by atoms with Crippen LogP contribution in [0.15, 0.2) is 29.6 Å². The van der Waals surface area contributed by atoms with Gasteiger partial charge in [0.2, 0.25) is 0 Å². The van der Waals surface area contributed by atoms with Crippen molar-refractivity contribution in [1.82, 2.24) is 0 Å². The Morgan fingerprint density at radius 3 is 2.56 bits per heavy atom. The summed E-state index contributed by atoms with van der Waals surface area (Å²) in [4.78, 5) is 11.0. The molecule has 94 valence electrons. The topological polar surface area (TPSA) is 49.3 Å². The number of nitrogens with one attached hydrogen (secondary N) is 1. The molecule has 0 fully saturated rings. The molecule has 0 unspecified atom stereocenters. The molecular formula is C12H9F2NO2S. The Kier molecular flexibility index (Phi) is 3.57. The minimum absolute atomic E-state index is 0.0585. The molecule has 3 nitrogen and oxygen atoms in total. The fourth-order valence-electron chi connectivity index (χ4n) is 1.51. The number of halogens is 2. The molecule has 0 bridgehead atoms. The number of rotatable bonds is 4. The van der Waals surface area contributed by atoms with Crippen molar-refractivity contribution in [2.24, 2.45) is 0 Å². The molecule has 1 aromatic heterocycles. The van der Waals surface area contributed by atoms with Gasteiger partial charge in [-0.2, -0.15) is 0 Å². The van der Waals surface area contributed by atoms with Gasteiger partial charge in [-0.05, 0) is 29.1 Å². The van der Waals surface area contributed by atoms with E-state index in [0.717, 1.165) is 23.5 Å². The predicted molar refractivity (Wildman–Crippen MR) is 65.0 cm³/mol. The number of hydrogen-bond acceptors (Lipinski definition) is 3. The first-order valence-corrected chi connectivity index (χ1v) is 5.95. The third-order valence-corrected chi connectivity index (χ3v) is 3.30. The summed E-state index contributed by atoms with van der Waals surface area (Å²) < 4.78 is 26.6. The van der Waals surface area contributed by atoms with Crippen molar-refractivity contribution in [3.05, 3.63) is 51.7 Å². The highest BCUT2D eigenvalue weighted by atomic mass is 32.1. The second-order valence-electron chi connectivity index (χ2n) is 3.53. The second-order valence-corrected chi connectivity index (χ2v) is 4.45. The van der Waals surface area contributed by atoms with Crippen LogP contribution in [0.5, 0.6) is 0 Å². The lowest BCUT2D eigenvalue weighted by molar-refractivity contribution is 0.0701. The number of anilines is 1. The Balaban J connectivity index is 2.17. The van der Waals surface area contributed by atoms with Gasteiger partial charge in [0.1, 0.15) is 22.2 Å². The number of carboxylic acids is 1. The minimum atomic E-state index is -1.05. The Bertz CT molecular complexity index is 563. The van der Waals surface area contributed by atoms with Gasteiger partial charge in [-0.1, -0.05) is 6.07 Å². The lowest BCUT2D eigenvalue weighted by atomic mass is 10.2. The smallest absolute Gasteiger partial charge is 0.346 e. The summed E-state index contributed by atoms with van der Waals surface area (Å²) in [7, 11) is 0. The quantitative estimate of drug-likeness (QED) is 0.895. The van der Waals surface area contributed by atoms with E-state index in [4.69, 9.17) is 5.11 Å². The van der Waals surface area contributed by atoms with Crippen LogP contribution in [0.3, 0.4) is 0 Å². The maximum Gasteiger partial charge on any atom is 0.346 e. The van der Waals surface area contributed by atoms with Crippen molar-refractivity contribution >= 4 is 23.0 Å². The van der Waals surface area contributed by atoms with Gasteiger partial charge in [-0.3, -0.25) is 0 Å².